The van der Waals surface area contributed by atoms with Crippen LogP contribution in [0.15, 0.2) is 12.3 Å². The molecule has 0 aliphatic heterocycles. The lowest BCUT2D eigenvalue weighted by Gasteiger charge is -2.09. The van der Waals surface area contributed by atoms with Gasteiger partial charge < -0.3 is 5.32 Å². The Morgan fingerprint density at radius 1 is 1.39 bits per heavy atom. The predicted molar refractivity (Wildman–Crippen MR) is 80.5 cm³/mol. The first-order chi connectivity index (χ1) is 8.61. The van der Waals surface area contributed by atoms with Crippen LogP contribution in [-0.2, 0) is 7.05 Å². The minimum Gasteiger partial charge on any atom is -0.369 e. The summed E-state index contributed by atoms with van der Waals surface area (Å²) in [5.74, 6) is 1.57. The van der Waals surface area contributed by atoms with Crippen molar-refractivity contribution in [1.82, 2.24) is 19.7 Å². The van der Waals surface area contributed by atoms with Gasteiger partial charge in [0.15, 0.2) is 5.82 Å². The third kappa shape index (κ3) is 2.80. The second kappa shape index (κ2) is 5.64. The molecule has 0 aliphatic rings. The highest BCUT2D eigenvalue weighted by atomic mass is 127. The first-order valence-corrected chi connectivity index (χ1v) is 6.97. The highest BCUT2D eigenvalue weighted by Gasteiger charge is 2.11. The van der Waals surface area contributed by atoms with E-state index in [4.69, 9.17) is 0 Å². The first-order valence-electron chi connectivity index (χ1n) is 5.90. The number of rotatable bonds is 4. The quantitative estimate of drug-likeness (QED) is 0.855. The molecule has 0 atom stereocenters. The molecule has 0 fully saturated rings. The fourth-order valence-corrected chi connectivity index (χ4v) is 2.00. The number of nitrogens with one attached hydrogen (secondary N) is 1. The largest absolute Gasteiger partial charge is 0.369 e. The van der Waals surface area contributed by atoms with E-state index in [0.717, 1.165) is 33.7 Å². The lowest BCUT2D eigenvalue weighted by Crippen LogP contribution is -2.07. The van der Waals surface area contributed by atoms with Crippen molar-refractivity contribution in [2.75, 3.05) is 11.9 Å². The van der Waals surface area contributed by atoms with E-state index in [2.05, 4.69) is 49.9 Å². The molecule has 96 valence electrons. The summed E-state index contributed by atoms with van der Waals surface area (Å²) < 4.78 is 2.83. The fraction of sp³-hybridized carbons (Fsp3) is 0.417. The maximum Gasteiger partial charge on any atom is 0.182 e. The molecule has 0 saturated heterocycles. The minimum atomic E-state index is 0.673. The molecular weight excluding hydrogens is 341 g/mol. The Labute approximate surface area is 120 Å². The molecule has 1 N–H and O–H groups in total. The summed E-state index contributed by atoms with van der Waals surface area (Å²) >= 11 is 2.27. The van der Waals surface area contributed by atoms with E-state index < -0.39 is 0 Å². The Morgan fingerprint density at radius 3 is 2.78 bits per heavy atom. The van der Waals surface area contributed by atoms with Crippen molar-refractivity contribution in [3.63, 3.8) is 0 Å². The molecule has 2 aromatic heterocycles. The van der Waals surface area contributed by atoms with Crippen LogP contribution in [0.1, 0.15) is 19.0 Å². The molecule has 0 aliphatic carbocycles. The van der Waals surface area contributed by atoms with Crippen LogP contribution in [0.4, 0.5) is 5.82 Å². The van der Waals surface area contributed by atoms with Gasteiger partial charge in [-0.25, -0.2) is 9.97 Å². The zero-order valence-electron chi connectivity index (χ0n) is 10.7. The Balaban J connectivity index is 2.40. The maximum atomic E-state index is 4.55. The van der Waals surface area contributed by atoms with Crippen molar-refractivity contribution in [3.8, 4) is 11.5 Å². The van der Waals surface area contributed by atoms with E-state index in [9.17, 15) is 0 Å². The lowest BCUT2D eigenvalue weighted by molar-refractivity contribution is 0.768. The Morgan fingerprint density at radius 2 is 2.17 bits per heavy atom. The summed E-state index contributed by atoms with van der Waals surface area (Å²) in [6.07, 6.45) is 2.96. The maximum absolute atomic E-state index is 4.55. The van der Waals surface area contributed by atoms with Crippen LogP contribution in [0, 0.1) is 10.5 Å². The summed E-state index contributed by atoms with van der Waals surface area (Å²) in [7, 11) is 1.89. The monoisotopic (exact) mass is 357 g/mol. The smallest absolute Gasteiger partial charge is 0.182 e. The van der Waals surface area contributed by atoms with Crippen LogP contribution in [0.3, 0.4) is 0 Å². The van der Waals surface area contributed by atoms with Gasteiger partial charge in [0, 0.05) is 19.8 Å². The van der Waals surface area contributed by atoms with Crippen LogP contribution in [0.5, 0.6) is 0 Å². The highest BCUT2D eigenvalue weighted by Crippen LogP contribution is 2.22. The van der Waals surface area contributed by atoms with Crippen LogP contribution in [0.2, 0.25) is 0 Å². The Bertz CT molecular complexity index is 549. The average molecular weight is 357 g/mol. The normalized spacial score (nSPS) is 10.7. The number of hydrogen-bond donors (Lipinski definition) is 1. The molecule has 0 spiro atoms. The summed E-state index contributed by atoms with van der Waals surface area (Å²) in [6.45, 7) is 5.04. The number of halogens is 1. The first kappa shape index (κ1) is 13.3. The van der Waals surface area contributed by atoms with Gasteiger partial charge in [0.05, 0.1) is 9.26 Å². The summed E-state index contributed by atoms with van der Waals surface area (Å²) in [6, 6.07) is 1.92. The summed E-state index contributed by atoms with van der Waals surface area (Å²) in [5, 5.41) is 7.66. The third-order valence-corrected chi connectivity index (χ3v) is 3.79. The van der Waals surface area contributed by atoms with Crippen molar-refractivity contribution in [2.24, 2.45) is 7.05 Å². The van der Waals surface area contributed by atoms with E-state index in [0.29, 0.717) is 5.82 Å². The van der Waals surface area contributed by atoms with E-state index in [1.54, 1.807) is 4.68 Å². The van der Waals surface area contributed by atoms with Crippen LogP contribution in [0.25, 0.3) is 11.5 Å². The molecule has 0 radical (unpaired) electrons. The molecule has 0 saturated carbocycles. The zero-order valence-corrected chi connectivity index (χ0v) is 12.9. The van der Waals surface area contributed by atoms with Gasteiger partial charge in [-0.1, -0.05) is 6.92 Å². The summed E-state index contributed by atoms with van der Waals surface area (Å²) in [5.41, 5.74) is 1.78. The van der Waals surface area contributed by atoms with Crippen molar-refractivity contribution in [3.05, 3.63) is 21.5 Å². The Kier molecular flexibility index (Phi) is 4.15. The number of aromatic nitrogens is 4. The standard InChI is InChI=1S/C12H16IN5/c1-4-6-14-12-10(13)8(2)15-11(16-12)9-5-7-18(3)17-9/h5,7H,4,6H2,1-3H3,(H,14,15,16). The molecule has 5 nitrogen and oxygen atoms in total. The van der Waals surface area contributed by atoms with Gasteiger partial charge >= 0.3 is 0 Å². The van der Waals surface area contributed by atoms with Gasteiger partial charge in [-0.2, -0.15) is 5.10 Å². The molecular formula is C12H16IN5. The fourth-order valence-electron chi connectivity index (χ4n) is 1.57. The molecule has 0 aromatic carbocycles. The van der Waals surface area contributed by atoms with E-state index in [-0.39, 0.29) is 0 Å². The molecule has 0 unspecified atom stereocenters. The summed E-state index contributed by atoms with van der Waals surface area (Å²) in [4.78, 5) is 9.04. The topological polar surface area (TPSA) is 55.6 Å². The number of anilines is 1. The van der Waals surface area contributed by atoms with Crippen molar-refractivity contribution in [2.45, 2.75) is 20.3 Å². The highest BCUT2D eigenvalue weighted by molar-refractivity contribution is 14.1. The van der Waals surface area contributed by atoms with Gasteiger partial charge in [0.1, 0.15) is 11.5 Å². The van der Waals surface area contributed by atoms with Gasteiger partial charge in [0.2, 0.25) is 0 Å². The lowest BCUT2D eigenvalue weighted by atomic mass is 10.3. The molecule has 18 heavy (non-hydrogen) atoms. The molecule has 6 heteroatoms. The van der Waals surface area contributed by atoms with Gasteiger partial charge in [0.25, 0.3) is 0 Å². The second-order valence-corrected chi connectivity index (χ2v) is 5.18. The molecule has 0 amide bonds. The third-order valence-electron chi connectivity index (χ3n) is 2.50. The number of aryl methyl sites for hydroxylation is 2. The van der Waals surface area contributed by atoms with E-state index in [1.165, 1.54) is 0 Å². The SMILES string of the molecule is CCCNc1nc(-c2ccn(C)n2)nc(C)c1I. The van der Waals surface area contributed by atoms with Crippen LogP contribution >= 0.6 is 22.6 Å². The molecule has 2 aromatic rings. The molecule has 2 heterocycles. The van der Waals surface area contributed by atoms with Gasteiger partial charge in [-0.05, 0) is 42.0 Å². The van der Waals surface area contributed by atoms with Gasteiger partial charge in [-0.15, -0.1) is 0 Å². The van der Waals surface area contributed by atoms with Crippen LogP contribution in [-0.4, -0.2) is 26.3 Å². The zero-order chi connectivity index (χ0) is 13.1. The van der Waals surface area contributed by atoms with Crippen molar-refractivity contribution in [1.29, 1.82) is 0 Å². The second-order valence-electron chi connectivity index (χ2n) is 4.10. The van der Waals surface area contributed by atoms with E-state index in [1.807, 2.05) is 26.2 Å². The minimum absolute atomic E-state index is 0.673. The van der Waals surface area contributed by atoms with Gasteiger partial charge in [-0.3, -0.25) is 4.68 Å². The molecule has 2 rings (SSSR count). The molecule has 0 bridgehead atoms. The number of nitrogens with zero attached hydrogens (tertiary/aromatic N) is 4. The van der Waals surface area contributed by atoms with Crippen molar-refractivity contribution < 1.29 is 0 Å². The number of hydrogen-bond acceptors (Lipinski definition) is 4. The van der Waals surface area contributed by atoms with Crippen molar-refractivity contribution >= 4 is 28.4 Å². The predicted octanol–water partition coefficient (Wildman–Crippen LogP) is 2.61. The van der Waals surface area contributed by atoms with Crippen LogP contribution < -0.4 is 5.32 Å². The Hall–Kier alpha value is -1.18. The average Bonchev–Trinajstić information content (AvgIpc) is 2.77. The van der Waals surface area contributed by atoms with E-state index >= 15 is 0 Å².